The molecule has 2 saturated carbocycles. The van der Waals surface area contributed by atoms with Crippen LogP contribution in [0.25, 0.3) is 0 Å². The van der Waals surface area contributed by atoms with Crippen molar-refractivity contribution < 1.29 is 4.74 Å². The van der Waals surface area contributed by atoms with Crippen LogP contribution in [-0.2, 0) is 4.74 Å². The van der Waals surface area contributed by atoms with Crippen molar-refractivity contribution in [1.82, 2.24) is 0 Å². The zero-order valence-electron chi connectivity index (χ0n) is 12.4. The molecule has 3 fully saturated rings. The highest BCUT2D eigenvalue weighted by molar-refractivity contribution is 4.96. The van der Waals surface area contributed by atoms with E-state index in [1.807, 2.05) is 0 Å². The van der Waals surface area contributed by atoms with Crippen LogP contribution in [0.15, 0.2) is 0 Å². The second kappa shape index (κ2) is 6.13. The van der Waals surface area contributed by atoms with Crippen molar-refractivity contribution in [3.63, 3.8) is 0 Å². The van der Waals surface area contributed by atoms with E-state index in [4.69, 9.17) is 10.5 Å². The second-order valence-electron chi connectivity index (χ2n) is 7.38. The maximum Gasteiger partial charge on any atom is 0.0685 e. The molecule has 1 aliphatic heterocycles. The molecular formula is C17H31NO. The number of ether oxygens (including phenoxy) is 1. The molecule has 3 rings (SSSR count). The Labute approximate surface area is 118 Å². The predicted octanol–water partition coefficient (Wildman–Crippen LogP) is 4.02. The van der Waals surface area contributed by atoms with E-state index in [2.05, 4.69) is 0 Å². The number of hydrogen-bond acceptors (Lipinski definition) is 2. The SMILES string of the molecule is NC(CCC1CCCCC1)C1CCOC2(CCC2)C1. The Hall–Kier alpha value is -0.0800. The van der Waals surface area contributed by atoms with Crippen molar-refractivity contribution in [3.8, 4) is 0 Å². The van der Waals surface area contributed by atoms with Gasteiger partial charge in [-0.3, -0.25) is 0 Å². The molecule has 0 aromatic carbocycles. The van der Waals surface area contributed by atoms with Gasteiger partial charge in [0.05, 0.1) is 5.60 Å². The lowest BCUT2D eigenvalue weighted by atomic mass is 9.70. The largest absolute Gasteiger partial charge is 0.375 e. The summed E-state index contributed by atoms with van der Waals surface area (Å²) in [5.74, 6) is 1.72. The Morgan fingerprint density at radius 1 is 1.05 bits per heavy atom. The van der Waals surface area contributed by atoms with Gasteiger partial charge in [-0.2, -0.15) is 0 Å². The minimum absolute atomic E-state index is 0.269. The molecule has 2 N–H and O–H groups in total. The van der Waals surface area contributed by atoms with Crippen molar-refractivity contribution in [2.24, 2.45) is 17.6 Å². The monoisotopic (exact) mass is 265 g/mol. The van der Waals surface area contributed by atoms with Gasteiger partial charge >= 0.3 is 0 Å². The Morgan fingerprint density at radius 3 is 2.53 bits per heavy atom. The first-order valence-electron chi connectivity index (χ1n) is 8.67. The maximum absolute atomic E-state index is 6.51. The third-order valence-electron chi connectivity index (χ3n) is 6.03. The molecule has 2 nitrogen and oxygen atoms in total. The summed E-state index contributed by atoms with van der Waals surface area (Å²) in [5.41, 5.74) is 6.78. The van der Waals surface area contributed by atoms with E-state index in [1.54, 1.807) is 0 Å². The molecule has 2 aliphatic carbocycles. The summed E-state index contributed by atoms with van der Waals surface area (Å²) in [7, 11) is 0. The summed E-state index contributed by atoms with van der Waals surface area (Å²) >= 11 is 0. The van der Waals surface area contributed by atoms with Gasteiger partial charge in [-0.15, -0.1) is 0 Å². The van der Waals surface area contributed by atoms with Crippen LogP contribution in [0.3, 0.4) is 0 Å². The lowest BCUT2D eigenvalue weighted by Gasteiger charge is -2.48. The van der Waals surface area contributed by atoms with Crippen LogP contribution in [0.1, 0.15) is 77.0 Å². The molecule has 0 bridgehead atoms. The van der Waals surface area contributed by atoms with Crippen molar-refractivity contribution in [3.05, 3.63) is 0 Å². The van der Waals surface area contributed by atoms with Crippen molar-refractivity contribution in [2.45, 2.75) is 88.7 Å². The smallest absolute Gasteiger partial charge is 0.0685 e. The molecule has 0 radical (unpaired) electrons. The van der Waals surface area contributed by atoms with E-state index in [0.29, 0.717) is 6.04 Å². The van der Waals surface area contributed by atoms with Crippen molar-refractivity contribution >= 4 is 0 Å². The topological polar surface area (TPSA) is 35.2 Å². The fraction of sp³-hybridized carbons (Fsp3) is 1.00. The number of nitrogens with two attached hydrogens (primary N) is 1. The maximum atomic E-state index is 6.51. The van der Waals surface area contributed by atoms with Crippen LogP contribution >= 0.6 is 0 Å². The standard InChI is InChI=1S/C17H31NO/c18-16(8-7-14-5-2-1-3-6-14)15-9-12-19-17(13-15)10-4-11-17/h14-16H,1-13,18H2. The molecule has 1 saturated heterocycles. The Kier molecular flexibility index (Phi) is 4.48. The molecule has 2 heteroatoms. The van der Waals surface area contributed by atoms with Crippen molar-refractivity contribution in [2.75, 3.05) is 6.61 Å². The van der Waals surface area contributed by atoms with E-state index in [9.17, 15) is 0 Å². The van der Waals surface area contributed by atoms with Crippen LogP contribution in [0.4, 0.5) is 0 Å². The minimum atomic E-state index is 0.269. The van der Waals surface area contributed by atoms with Crippen LogP contribution in [-0.4, -0.2) is 18.2 Å². The highest BCUT2D eigenvalue weighted by Gasteiger charge is 2.43. The molecule has 2 atom stereocenters. The molecule has 0 aromatic heterocycles. The van der Waals surface area contributed by atoms with Crippen LogP contribution in [0.5, 0.6) is 0 Å². The van der Waals surface area contributed by atoms with Gasteiger partial charge in [0.1, 0.15) is 0 Å². The lowest BCUT2D eigenvalue weighted by Crippen LogP contribution is -2.49. The van der Waals surface area contributed by atoms with Crippen LogP contribution in [0, 0.1) is 11.8 Å². The van der Waals surface area contributed by atoms with Gasteiger partial charge in [-0.25, -0.2) is 0 Å². The summed E-state index contributed by atoms with van der Waals surface area (Å²) in [6.07, 6.45) is 16.3. The summed E-state index contributed by atoms with van der Waals surface area (Å²) < 4.78 is 6.02. The second-order valence-corrected chi connectivity index (χ2v) is 7.38. The first-order valence-corrected chi connectivity index (χ1v) is 8.67. The first-order chi connectivity index (χ1) is 9.27. The van der Waals surface area contributed by atoms with E-state index in [1.165, 1.54) is 77.0 Å². The highest BCUT2D eigenvalue weighted by atomic mass is 16.5. The van der Waals surface area contributed by atoms with Gasteiger partial charge < -0.3 is 10.5 Å². The summed E-state index contributed by atoms with van der Waals surface area (Å²) in [5, 5.41) is 0. The molecule has 19 heavy (non-hydrogen) atoms. The lowest BCUT2D eigenvalue weighted by molar-refractivity contribution is -0.146. The fourth-order valence-electron chi connectivity index (χ4n) is 4.49. The van der Waals surface area contributed by atoms with E-state index < -0.39 is 0 Å². The number of rotatable bonds is 4. The molecule has 0 amide bonds. The Bertz CT molecular complexity index is 281. The van der Waals surface area contributed by atoms with E-state index >= 15 is 0 Å². The van der Waals surface area contributed by atoms with Gasteiger partial charge in [-0.05, 0) is 56.8 Å². The molecule has 1 spiro atoms. The molecular weight excluding hydrogens is 234 g/mol. The molecule has 110 valence electrons. The van der Waals surface area contributed by atoms with Gasteiger partial charge in [0.2, 0.25) is 0 Å². The normalized spacial score (nSPS) is 33.0. The molecule has 0 aromatic rings. The van der Waals surface area contributed by atoms with Crippen LogP contribution in [0.2, 0.25) is 0 Å². The fourth-order valence-corrected chi connectivity index (χ4v) is 4.49. The van der Waals surface area contributed by atoms with Gasteiger partial charge in [-0.1, -0.05) is 32.1 Å². The van der Waals surface area contributed by atoms with E-state index in [-0.39, 0.29) is 5.60 Å². The molecule has 2 unspecified atom stereocenters. The van der Waals surface area contributed by atoms with E-state index in [0.717, 1.165) is 18.4 Å². The van der Waals surface area contributed by atoms with Gasteiger partial charge in [0.15, 0.2) is 0 Å². The quantitative estimate of drug-likeness (QED) is 0.833. The number of hydrogen-bond donors (Lipinski definition) is 1. The summed E-state index contributed by atoms with van der Waals surface area (Å²) in [6.45, 7) is 0.960. The third-order valence-corrected chi connectivity index (χ3v) is 6.03. The predicted molar refractivity (Wildman–Crippen MR) is 79.0 cm³/mol. The van der Waals surface area contributed by atoms with Gasteiger partial charge in [0.25, 0.3) is 0 Å². The summed E-state index contributed by atoms with van der Waals surface area (Å²) in [6, 6.07) is 0.434. The average Bonchev–Trinajstić information content (AvgIpc) is 2.44. The zero-order valence-corrected chi connectivity index (χ0v) is 12.4. The van der Waals surface area contributed by atoms with Crippen LogP contribution < -0.4 is 5.73 Å². The Morgan fingerprint density at radius 2 is 1.84 bits per heavy atom. The Balaban J connectivity index is 1.42. The first kappa shape index (κ1) is 13.9. The molecule has 3 aliphatic rings. The van der Waals surface area contributed by atoms with Gasteiger partial charge in [0, 0.05) is 12.6 Å². The summed E-state index contributed by atoms with van der Waals surface area (Å²) in [4.78, 5) is 0. The third kappa shape index (κ3) is 3.33. The minimum Gasteiger partial charge on any atom is -0.375 e. The zero-order chi connectivity index (χ0) is 13.1. The highest BCUT2D eigenvalue weighted by Crippen LogP contribution is 2.45. The average molecular weight is 265 g/mol. The van der Waals surface area contributed by atoms with Crippen molar-refractivity contribution in [1.29, 1.82) is 0 Å². The molecule has 1 heterocycles.